The second kappa shape index (κ2) is 7.24. The van der Waals surface area contributed by atoms with Gasteiger partial charge in [0.1, 0.15) is 0 Å². The third-order valence-corrected chi connectivity index (χ3v) is 3.87. The van der Waals surface area contributed by atoms with Crippen molar-refractivity contribution in [3.05, 3.63) is 68.2 Å². The normalized spacial score (nSPS) is 10.3. The van der Waals surface area contributed by atoms with Gasteiger partial charge in [0.25, 0.3) is 5.69 Å². The molecule has 0 saturated carbocycles. The predicted octanol–water partition coefficient (Wildman–Crippen LogP) is 4.47. The molecule has 0 saturated heterocycles. The molecule has 22 heavy (non-hydrogen) atoms. The van der Waals surface area contributed by atoms with Crippen LogP contribution in [-0.4, -0.2) is 10.8 Å². The van der Waals surface area contributed by atoms with Gasteiger partial charge in [-0.25, -0.2) is 0 Å². The van der Waals surface area contributed by atoms with E-state index in [0.29, 0.717) is 22.2 Å². The predicted molar refractivity (Wildman–Crippen MR) is 86.5 cm³/mol. The third-order valence-electron chi connectivity index (χ3n) is 3.01. The average molecular weight is 339 g/mol. The van der Waals surface area contributed by atoms with Crippen molar-refractivity contribution in [2.75, 3.05) is 5.32 Å². The molecule has 2 aromatic carbocycles. The van der Waals surface area contributed by atoms with E-state index in [2.05, 4.69) is 5.32 Å². The summed E-state index contributed by atoms with van der Waals surface area (Å²) in [7, 11) is 0. The van der Waals surface area contributed by atoms with Gasteiger partial charge in [-0.1, -0.05) is 35.3 Å². The zero-order valence-corrected chi connectivity index (χ0v) is 12.9. The topological polar surface area (TPSA) is 72.2 Å². The molecule has 5 nitrogen and oxygen atoms in total. The summed E-state index contributed by atoms with van der Waals surface area (Å²) in [6, 6.07) is 10.9. The van der Waals surface area contributed by atoms with Gasteiger partial charge in [-0.3, -0.25) is 14.9 Å². The molecule has 0 spiro atoms. The number of carbonyl (C=O) groups is 1. The van der Waals surface area contributed by atoms with Gasteiger partial charge in [0.2, 0.25) is 5.91 Å². The number of amides is 1. The summed E-state index contributed by atoms with van der Waals surface area (Å²) in [5, 5.41) is 14.1. The Morgan fingerprint density at radius 2 is 1.82 bits per heavy atom. The molecule has 0 fully saturated rings. The number of nitro groups is 1. The molecule has 0 aliphatic carbocycles. The second-order valence-corrected chi connectivity index (χ2v) is 5.35. The van der Waals surface area contributed by atoms with Gasteiger partial charge >= 0.3 is 0 Å². The van der Waals surface area contributed by atoms with Gasteiger partial charge in [-0.2, -0.15) is 0 Å². The van der Waals surface area contributed by atoms with Crippen molar-refractivity contribution in [1.82, 2.24) is 0 Å². The van der Waals surface area contributed by atoms with Crippen LogP contribution in [0.4, 0.5) is 11.4 Å². The van der Waals surface area contributed by atoms with E-state index >= 15 is 0 Å². The van der Waals surface area contributed by atoms with Gasteiger partial charge in [0.05, 0.1) is 15.0 Å². The maximum atomic E-state index is 11.9. The summed E-state index contributed by atoms with van der Waals surface area (Å²) in [5.41, 5.74) is 1.28. The van der Waals surface area contributed by atoms with E-state index in [1.54, 1.807) is 12.1 Å². The largest absolute Gasteiger partial charge is 0.326 e. The molecule has 2 aromatic rings. The number of hydrogen-bond donors (Lipinski definition) is 1. The van der Waals surface area contributed by atoms with Gasteiger partial charge in [-0.05, 0) is 30.2 Å². The first kappa shape index (κ1) is 16.3. The maximum Gasteiger partial charge on any atom is 0.269 e. The fourth-order valence-electron chi connectivity index (χ4n) is 1.88. The second-order valence-electron chi connectivity index (χ2n) is 4.57. The molecule has 114 valence electrons. The number of rotatable bonds is 5. The average Bonchev–Trinajstić information content (AvgIpc) is 2.49. The first-order chi connectivity index (χ1) is 10.5. The van der Waals surface area contributed by atoms with E-state index in [4.69, 9.17) is 23.2 Å². The minimum Gasteiger partial charge on any atom is -0.326 e. The van der Waals surface area contributed by atoms with Crippen LogP contribution in [0.25, 0.3) is 0 Å². The number of hydrogen-bond acceptors (Lipinski definition) is 3. The quantitative estimate of drug-likeness (QED) is 0.645. The number of nitro benzene ring substituents is 1. The fourth-order valence-corrected chi connectivity index (χ4v) is 2.29. The summed E-state index contributed by atoms with van der Waals surface area (Å²) < 4.78 is 0. The van der Waals surface area contributed by atoms with Crippen molar-refractivity contribution >= 4 is 40.5 Å². The molecule has 2 rings (SSSR count). The van der Waals surface area contributed by atoms with E-state index in [9.17, 15) is 14.9 Å². The van der Waals surface area contributed by atoms with Crippen LogP contribution in [0.5, 0.6) is 0 Å². The van der Waals surface area contributed by atoms with Crippen molar-refractivity contribution in [2.24, 2.45) is 0 Å². The molecule has 7 heteroatoms. The van der Waals surface area contributed by atoms with E-state index in [0.717, 1.165) is 5.56 Å². The summed E-state index contributed by atoms with van der Waals surface area (Å²) in [6.07, 6.45) is 0.690. The Morgan fingerprint density at radius 1 is 1.14 bits per heavy atom. The number of aryl methyl sites for hydroxylation is 1. The third kappa shape index (κ3) is 4.19. The van der Waals surface area contributed by atoms with E-state index in [1.165, 1.54) is 24.3 Å². The Kier molecular flexibility index (Phi) is 5.35. The lowest BCUT2D eigenvalue weighted by Gasteiger charge is -2.07. The molecular weight excluding hydrogens is 327 g/mol. The Morgan fingerprint density at radius 3 is 2.45 bits per heavy atom. The van der Waals surface area contributed by atoms with Gasteiger partial charge < -0.3 is 5.32 Å². The molecule has 0 heterocycles. The first-order valence-electron chi connectivity index (χ1n) is 6.44. The molecular formula is C15H12Cl2N2O3. The SMILES string of the molecule is O=C(CCc1cccc(Cl)c1Cl)Nc1ccc([N+](=O)[O-])cc1. The molecule has 1 amide bonds. The maximum absolute atomic E-state index is 11.9. The molecule has 0 atom stereocenters. The zero-order chi connectivity index (χ0) is 16.1. The van der Waals surface area contributed by atoms with Crippen molar-refractivity contribution in [1.29, 1.82) is 0 Å². The smallest absolute Gasteiger partial charge is 0.269 e. The number of benzene rings is 2. The standard InChI is InChI=1S/C15H12Cl2N2O3/c16-13-3-1-2-10(15(13)17)4-9-14(20)18-11-5-7-12(8-6-11)19(21)22/h1-3,5-8H,4,9H2,(H,18,20). The molecule has 0 aliphatic heterocycles. The molecule has 1 N–H and O–H groups in total. The van der Waals surface area contributed by atoms with Gasteiger partial charge in [-0.15, -0.1) is 0 Å². The van der Waals surface area contributed by atoms with E-state index in [1.807, 2.05) is 6.07 Å². The highest BCUT2D eigenvalue weighted by atomic mass is 35.5. The summed E-state index contributed by atoms with van der Waals surface area (Å²) in [4.78, 5) is 21.9. The van der Waals surface area contributed by atoms with Crippen LogP contribution in [0.2, 0.25) is 10.0 Å². The van der Waals surface area contributed by atoms with E-state index < -0.39 is 4.92 Å². The van der Waals surface area contributed by atoms with Crippen molar-refractivity contribution < 1.29 is 9.72 Å². The van der Waals surface area contributed by atoms with Crippen LogP contribution < -0.4 is 5.32 Å². The summed E-state index contributed by atoms with van der Waals surface area (Å²) >= 11 is 12.0. The number of anilines is 1. The number of carbonyl (C=O) groups excluding carboxylic acids is 1. The molecule has 0 unspecified atom stereocenters. The minimum atomic E-state index is -0.493. The summed E-state index contributed by atoms with van der Waals surface area (Å²) in [6.45, 7) is 0. The molecule has 0 aromatic heterocycles. The van der Waals surface area contributed by atoms with Crippen LogP contribution >= 0.6 is 23.2 Å². The molecule has 0 bridgehead atoms. The lowest BCUT2D eigenvalue weighted by Crippen LogP contribution is -2.12. The van der Waals surface area contributed by atoms with E-state index in [-0.39, 0.29) is 18.0 Å². The van der Waals surface area contributed by atoms with Crippen molar-refractivity contribution in [2.45, 2.75) is 12.8 Å². The number of nitrogens with one attached hydrogen (secondary N) is 1. The first-order valence-corrected chi connectivity index (χ1v) is 7.20. The van der Waals surface area contributed by atoms with Crippen LogP contribution in [-0.2, 0) is 11.2 Å². The Hall–Kier alpha value is -2.11. The van der Waals surface area contributed by atoms with Crippen LogP contribution in [0, 0.1) is 10.1 Å². The Labute approximate surface area is 137 Å². The van der Waals surface area contributed by atoms with Crippen molar-refractivity contribution in [3.63, 3.8) is 0 Å². The van der Waals surface area contributed by atoms with Crippen LogP contribution in [0.3, 0.4) is 0 Å². The number of nitrogens with zero attached hydrogens (tertiary/aromatic N) is 1. The molecule has 0 radical (unpaired) electrons. The van der Waals surface area contributed by atoms with Crippen LogP contribution in [0.1, 0.15) is 12.0 Å². The Bertz CT molecular complexity index is 702. The molecule has 0 aliphatic rings. The fraction of sp³-hybridized carbons (Fsp3) is 0.133. The highest BCUT2D eigenvalue weighted by Gasteiger charge is 2.09. The van der Waals surface area contributed by atoms with Gasteiger partial charge in [0.15, 0.2) is 0 Å². The highest BCUT2D eigenvalue weighted by molar-refractivity contribution is 6.42. The monoisotopic (exact) mass is 338 g/mol. The number of halogens is 2. The highest BCUT2D eigenvalue weighted by Crippen LogP contribution is 2.26. The Balaban J connectivity index is 1.93. The zero-order valence-electron chi connectivity index (χ0n) is 11.4. The summed E-state index contributed by atoms with van der Waals surface area (Å²) in [5.74, 6) is -0.204. The van der Waals surface area contributed by atoms with Crippen LogP contribution in [0.15, 0.2) is 42.5 Å². The number of non-ortho nitro benzene ring substituents is 1. The lowest BCUT2D eigenvalue weighted by molar-refractivity contribution is -0.384. The van der Waals surface area contributed by atoms with Crippen molar-refractivity contribution in [3.8, 4) is 0 Å². The minimum absolute atomic E-state index is 0.0243. The lowest BCUT2D eigenvalue weighted by atomic mass is 10.1. The van der Waals surface area contributed by atoms with Gasteiger partial charge in [0, 0.05) is 24.2 Å².